The molecule has 3 aromatic carbocycles. The SMILES string of the molecule is C.CNS(=O)(=O)c1ccc(NC(=O)c2cc(-c3ccccc3)nc3ccccc23)cc1. The van der Waals surface area contributed by atoms with E-state index in [0.29, 0.717) is 16.9 Å². The first-order valence-electron chi connectivity index (χ1n) is 9.28. The molecule has 0 unspecified atom stereocenters. The van der Waals surface area contributed by atoms with Crippen LogP contribution in [0.25, 0.3) is 22.2 Å². The number of anilines is 1. The Morgan fingerprint density at radius 2 is 1.52 bits per heavy atom. The summed E-state index contributed by atoms with van der Waals surface area (Å²) in [6, 6.07) is 24.9. The number of hydrogen-bond acceptors (Lipinski definition) is 4. The molecule has 158 valence electrons. The number of carbonyl (C=O) groups excluding carboxylic acids is 1. The number of hydrogen-bond donors (Lipinski definition) is 2. The van der Waals surface area contributed by atoms with E-state index >= 15 is 0 Å². The minimum absolute atomic E-state index is 0. The molecule has 0 aliphatic carbocycles. The van der Waals surface area contributed by atoms with E-state index in [0.717, 1.165) is 16.5 Å². The lowest BCUT2D eigenvalue weighted by atomic mass is 10.0. The molecule has 31 heavy (non-hydrogen) atoms. The largest absolute Gasteiger partial charge is 0.322 e. The minimum atomic E-state index is -3.53. The fourth-order valence-electron chi connectivity index (χ4n) is 3.15. The maximum absolute atomic E-state index is 13.1. The molecule has 0 saturated heterocycles. The topological polar surface area (TPSA) is 88.2 Å². The van der Waals surface area contributed by atoms with Crippen LogP contribution in [0.3, 0.4) is 0 Å². The molecule has 2 N–H and O–H groups in total. The standard InChI is InChI=1S/C23H19N3O3S.CH4/c1-24-30(28,29)18-13-11-17(12-14-18)25-23(27)20-15-22(16-7-3-2-4-8-16)26-21-10-6-5-9-19(20)21;/h2-15,24H,1H3,(H,25,27);1H4. The lowest BCUT2D eigenvalue weighted by Gasteiger charge is -2.11. The summed E-state index contributed by atoms with van der Waals surface area (Å²) in [5.41, 5.74) is 3.33. The lowest BCUT2D eigenvalue weighted by molar-refractivity contribution is 0.102. The summed E-state index contributed by atoms with van der Waals surface area (Å²) >= 11 is 0. The number of aromatic nitrogens is 1. The van der Waals surface area contributed by atoms with Gasteiger partial charge in [-0.05, 0) is 43.4 Å². The first-order chi connectivity index (χ1) is 14.5. The van der Waals surface area contributed by atoms with Crippen molar-refractivity contribution < 1.29 is 13.2 Å². The highest BCUT2D eigenvalue weighted by atomic mass is 32.2. The molecule has 4 aromatic rings. The Balaban J connectivity index is 0.00000272. The number of para-hydroxylation sites is 1. The van der Waals surface area contributed by atoms with Crippen LogP contribution < -0.4 is 10.0 Å². The Kier molecular flexibility index (Phi) is 6.48. The summed E-state index contributed by atoms with van der Waals surface area (Å²) in [4.78, 5) is 17.9. The Bertz CT molecular complexity index is 1320. The predicted octanol–water partition coefficient (Wildman–Crippen LogP) is 4.70. The minimum Gasteiger partial charge on any atom is -0.322 e. The zero-order chi connectivity index (χ0) is 21.1. The van der Waals surface area contributed by atoms with Gasteiger partial charge in [-0.15, -0.1) is 0 Å². The molecular weight excluding hydrogens is 410 g/mol. The number of benzene rings is 3. The van der Waals surface area contributed by atoms with Crippen molar-refractivity contribution in [3.63, 3.8) is 0 Å². The number of carbonyl (C=O) groups is 1. The number of rotatable bonds is 5. The number of amides is 1. The van der Waals surface area contributed by atoms with E-state index in [-0.39, 0.29) is 18.2 Å². The van der Waals surface area contributed by atoms with Gasteiger partial charge in [-0.2, -0.15) is 0 Å². The fraction of sp³-hybridized carbons (Fsp3) is 0.0833. The molecule has 7 heteroatoms. The Hall–Kier alpha value is -3.55. The fourth-order valence-corrected chi connectivity index (χ4v) is 3.88. The third-order valence-electron chi connectivity index (χ3n) is 4.72. The molecule has 0 atom stereocenters. The van der Waals surface area contributed by atoms with Crippen molar-refractivity contribution in [1.29, 1.82) is 0 Å². The van der Waals surface area contributed by atoms with Crippen LogP contribution in [0.1, 0.15) is 17.8 Å². The van der Waals surface area contributed by atoms with Crippen LogP contribution in [0, 0.1) is 0 Å². The van der Waals surface area contributed by atoms with Crippen molar-refractivity contribution in [3.8, 4) is 11.3 Å². The summed E-state index contributed by atoms with van der Waals surface area (Å²) in [6.45, 7) is 0. The van der Waals surface area contributed by atoms with Gasteiger partial charge in [-0.25, -0.2) is 18.1 Å². The smallest absolute Gasteiger partial charge is 0.256 e. The summed E-state index contributed by atoms with van der Waals surface area (Å²) in [7, 11) is -2.18. The summed E-state index contributed by atoms with van der Waals surface area (Å²) in [5.74, 6) is -0.296. The monoisotopic (exact) mass is 433 g/mol. The van der Waals surface area contributed by atoms with Crippen molar-refractivity contribution in [2.24, 2.45) is 0 Å². The van der Waals surface area contributed by atoms with Gasteiger partial charge in [0.2, 0.25) is 10.0 Å². The van der Waals surface area contributed by atoms with Crippen molar-refractivity contribution in [1.82, 2.24) is 9.71 Å². The second kappa shape index (κ2) is 9.07. The maximum atomic E-state index is 13.1. The van der Waals surface area contributed by atoms with Crippen molar-refractivity contribution in [2.45, 2.75) is 12.3 Å². The zero-order valence-corrected chi connectivity index (χ0v) is 17.0. The molecule has 0 saturated carbocycles. The average molecular weight is 434 g/mol. The Morgan fingerprint density at radius 3 is 2.19 bits per heavy atom. The maximum Gasteiger partial charge on any atom is 0.256 e. The zero-order valence-electron chi connectivity index (χ0n) is 16.2. The highest BCUT2D eigenvalue weighted by molar-refractivity contribution is 7.89. The molecule has 1 heterocycles. The van der Waals surface area contributed by atoms with Crippen LogP contribution in [-0.4, -0.2) is 26.4 Å². The molecule has 6 nitrogen and oxygen atoms in total. The van der Waals surface area contributed by atoms with Gasteiger partial charge in [0.1, 0.15) is 0 Å². The molecule has 1 amide bonds. The van der Waals surface area contributed by atoms with Gasteiger partial charge in [-0.1, -0.05) is 56.0 Å². The quantitative estimate of drug-likeness (QED) is 0.478. The van der Waals surface area contributed by atoms with E-state index in [1.807, 2.05) is 54.6 Å². The number of sulfonamides is 1. The van der Waals surface area contributed by atoms with Gasteiger partial charge in [0, 0.05) is 16.6 Å². The van der Waals surface area contributed by atoms with Crippen LogP contribution in [0.5, 0.6) is 0 Å². The van der Waals surface area contributed by atoms with Crippen LogP contribution in [-0.2, 0) is 10.0 Å². The molecule has 0 radical (unpaired) electrons. The van der Waals surface area contributed by atoms with Gasteiger partial charge >= 0.3 is 0 Å². The molecule has 0 aliphatic heterocycles. The summed E-state index contributed by atoms with van der Waals surface area (Å²) in [5, 5.41) is 3.58. The third kappa shape index (κ3) is 4.63. The van der Waals surface area contributed by atoms with E-state index in [9.17, 15) is 13.2 Å². The molecule has 1 aromatic heterocycles. The van der Waals surface area contributed by atoms with Gasteiger partial charge in [0.15, 0.2) is 0 Å². The first kappa shape index (κ1) is 22.1. The van der Waals surface area contributed by atoms with E-state index in [4.69, 9.17) is 0 Å². The number of pyridine rings is 1. The number of nitrogens with zero attached hydrogens (tertiary/aromatic N) is 1. The second-order valence-electron chi connectivity index (χ2n) is 6.62. The van der Waals surface area contributed by atoms with Crippen molar-refractivity contribution in [2.75, 3.05) is 12.4 Å². The summed E-state index contributed by atoms with van der Waals surface area (Å²) in [6.07, 6.45) is 0. The van der Waals surface area contributed by atoms with E-state index in [1.165, 1.54) is 19.2 Å². The Morgan fingerprint density at radius 1 is 0.871 bits per heavy atom. The number of nitrogens with one attached hydrogen (secondary N) is 2. The average Bonchev–Trinajstić information content (AvgIpc) is 2.79. The summed E-state index contributed by atoms with van der Waals surface area (Å²) < 4.78 is 26.0. The third-order valence-corrected chi connectivity index (χ3v) is 6.15. The molecule has 0 spiro atoms. The molecule has 0 fully saturated rings. The van der Waals surface area contributed by atoms with Crippen molar-refractivity contribution in [3.05, 3.63) is 90.5 Å². The van der Waals surface area contributed by atoms with Crippen LogP contribution in [0.15, 0.2) is 89.8 Å². The van der Waals surface area contributed by atoms with Gasteiger partial charge < -0.3 is 5.32 Å². The molecule has 4 rings (SSSR count). The highest BCUT2D eigenvalue weighted by Crippen LogP contribution is 2.25. The highest BCUT2D eigenvalue weighted by Gasteiger charge is 2.15. The van der Waals surface area contributed by atoms with E-state index in [1.54, 1.807) is 18.2 Å². The van der Waals surface area contributed by atoms with Gasteiger partial charge in [0.05, 0.1) is 21.7 Å². The van der Waals surface area contributed by atoms with Crippen LogP contribution in [0.2, 0.25) is 0 Å². The number of fused-ring (bicyclic) bond motifs is 1. The lowest BCUT2D eigenvalue weighted by Crippen LogP contribution is -2.18. The van der Waals surface area contributed by atoms with Crippen LogP contribution >= 0.6 is 0 Å². The van der Waals surface area contributed by atoms with E-state index < -0.39 is 10.0 Å². The second-order valence-corrected chi connectivity index (χ2v) is 8.51. The van der Waals surface area contributed by atoms with Gasteiger partial charge in [-0.3, -0.25) is 4.79 Å². The first-order valence-corrected chi connectivity index (χ1v) is 10.8. The Labute approximate surface area is 182 Å². The van der Waals surface area contributed by atoms with Crippen molar-refractivity contribution >= 4 is 32.5 Å². The molecule has 0 bridgehead atoms. The normalized spacial score (nSPS) is 11.0. The molecular formula is C24H23N3O3S. The predicted molar refractivity (Wildman–Crippen MR) is 125 cm³/mol. The molecule has 0 aliphatic rings. The van der Waals surface area contributed by atoms with E-state index in [2.05, 4.69) is 15.0 Å². The van der Waals surface area contributed by atoms with Gasteiger partial charge in [0.25, 0.3) is 5.91 Å². The van der Waals surface area contributed by atoms with Crippen LogP contribution in [0.4, 0.5) is 5.69 Å².